The Labute approximate surface area is 179 Å². The fourth-order valence-corrected chi connectivity index (χ4v) is 3.70. The number of anilines is 1. The van der Waals surface area contributed by atoms with Crippen LogP contribution in [0.2, 0.25) is 0 Å². The number of rotatable bonds is 7. The third-order valence-corrected chi connectivity index (χ3v) is 5.70. The van der Waals surface area contributed by atoms with Gasteiger partial charge in [0.2, 0.25) is 5.91 Å². The zero-order chi connectivity index (χ0) is 20.9. The van der Waals surface area contributed by atoms with E-state index in [1.807, 2.05) is 73.1 Å². The molecule has 0 radical (unpaired) electrons. The number of benzene rings is 3. The van der Waals surface area contributed by atoms with Crippen LogP contribution in [-0.2, 0) is 18.4 Å². The van der Waals surface area contributed by atoms with Gasteiger partial charge in [-0.15, -0.1) is 10.2 Å². The zero-order valence-electron chi connectivity index (χ0n) is 16.8. The molecule has 30 heavy (non-hydrogen) atoms. The number of aromatic nitrogens is 3. The number of thioether (sulfide) groups is 1. The van der Waals surface area contributed by atoms with Crippen molar-refractivity contribution in [3.63, 3.8) is 0 Å². The maximum absolute atomic E-state index is 12.2. The summed E-state index contributed by atoms with van der Waals surface area (Å²) in [4.78, 5) is 12.2. The van der Waals surface area contributed by atoms with Gasteiger partial charge in [0.25, 0.3) is 0 Å². The van der Waals surface area contributed by atoms with E-state index in [-0.39, 0.29) is 11.7 Å². The van der Waals surface area contributed by atoms with E-state index in [0.717, 1.165) is 22.4 Å². The third kappa shape index (κ3) is 4.80. The summed E-state index contributed by atoms with van der Waals surface area (Å²) in [7, 11) is 1.87. The van der Waals surface area contributed by atoms with E-state index in [0.29, 0.717) is 17.6 Å². The summed E-state index contributed by atoms with van der Waals surface area (Å²) >= 11 is 1.34. The number of hydrogen-bond acceptors (Lipinski definition) is 5. The molecular weight excluding hydrogens is 396 g/mol. The summed E-state index contributed by atoms with van der Waals surface area (Å²) < 4.78 is 7.75. The summed E-state index contributed by atoms with van der Waals surface area (Å²) in [5, 5.41) is 14.2. The van der Waals surface area contributed by atoms with E-state index < -0.39 is 0 Å². The van der Waals surface area contributed by atoms with Crippen LogP contribution in [-0.4, -0.2) is 26.4 Å². The van der Waals surface area contributed by atoms with Gasteiger partial charge in [0, 0.05) is 12.7 Å². The molecule has 3 aromatic carbocycles. The van der Waals surface area contributed by atoms with E-state index in [1.165, 1.54) is 17.1 Å². The number of aryl methyl sites for hydroxylation is 1. The summed E-state index contributed by atoms with van der Waals surface area (Å²) in [6.07, 6.45) is 0. The Kier molecular flexibility index (Phi) is 5.99. The lowest BCUT2D eigenvalue weighted by Crippen LogP contribution is -2.14. The second-order valence-electron chi connectivity index (χ2n) is 6.96. The topological polar surface area (TPSA) is 69.0 Å². The monoisotopic (exact) mass is 418 g/mol. The van der Waals surface area contributed by atoms with Crippen molar-refractivity contribution in [3.05, 3.63) is 78.1 Å². The lowest BCUT2D eigenvalue weighted by Gasteiger charge is -2.08. The molecule has 0 atom stereocenters. The Morgan fingerprint density at radius 2 is 1.80 bits per heavy atom. The minimum Gasteiger partial charge on any atom is -0.486 e. The SMILES string of the molecule is Cc1ccc(NC(=O)CSc2nnc(COc3ccc4ccccc4c3)n2C)cc1. The molecule has 152 valence electrons. The molecule has 4 rings (SSSR count). The molecular formula is C23H22N4O2S. The summed E-state index contributed by atoms with van der Waals surface area (Å²) in [5.74, 6) is 1.65. The highest BCUT2D eigenvalue weighted by Gasteiger charge is 2.12. The van der Waals surface area contributed by atoms with Crippen LogP contribution in [0.15, 0.2) is 71.9 Å². The molecule has 0 spiro atoms. The molecule has 0 aliphatic rings. The summed E-state index contributed by atoms with van der Waals surface area (Å²) in [5.41, 5.74) is 1.94. The fraction of sp³-hybridized carbons (Fsp3) is 0.174. The maximum Gasteiger partial charge on any atom is 0.234 e. The van der Waals surface area contributed by atoms with Crippen molar-refractivity contribution in [2.75, 3.05) is 11.1 Å². The maximum atomic E-state index is 12.2. The second kappa shape index (κ2) is 9.00. The number of fused-ring (bicyclic) bond motifs is 1. The van der Waals surface area contributed by atoms with Crippen LogP contribution >= 0.6 is 11.8 Å². The van der Waals surface area contributed by atoms with Gasteiger partial charge in [0.15, 0.2) is 11.0 Å². The quantitative estimate of drug-likeness (QED) is 0.445. The van der Waals surface area contributed by atoms with Crippen molar-refractivity contribution in [2.45, 2.75) is 18.7 Å². The highest BCUT2D eigenvalue weighted by atomic mass is 32.2. The Morgan fingerprint density at radius 3 is 2.60 bits per heavy atom. The molecule has 1 aromatic heterocycles. The molecule has 6 nitrogen and oxygen atoms in total. The van der Waals surface area contributed by atoms with Gasteiger partial charge in [-0.1, -0.05) is 59.8 Å². The molecule has 0 saturated carbocycles. The van der Waals surface area contributed by atoms with Gasteiger partial charge in [-0.2, -0.15) is 0 Å². The standard InChI is InChI=1S/C23H22N4O2S/c1-16-7-10-19(11-8-16)24-22(28)15-30-23-26-25-21(27(23)2)14-29-20-12-9-17-5-3-4-6-18(17)13-20/h3-13H,14-15H2,1-2H3,(H,24,28). The highest BCUT2D eigenvalue weighted by molar-refractivity contribution is 7.99. The molecule has 1 amide bonds. The summed E-state index contributed by atoms with van der Waals surface area (Å²) in [6.45, 7) is 2.31. The fourth-order valence-electron chi connectivity index (χ4n) is 2.97. The van der Waals surface area contributed by atoms with Crippen molar-refractivity contribution in [1.29, 1.82) is 0 Å². The number of nitrogens with zero attached hydrogens (tertiary/aromatic N) is 3. The first kappa shape index (κ1) is 20.0. The average Bonchev–Trinajstić information content (AvgIpc) is 3.11. The molecule has 0 aliphatic carbocycles. The first-order valence-corrected chi connectivity index (χ1v) is 10.6. The van der Waals surface area contributed by atoms with Gasteiger partial charge in [-0.3, -0.25) is 4.79 Å². The smallest absolute Gasteiger partial charge is 0.234 e. The lowest BCUT2D eigenvalue weighted by atomic mass is 10.1. The van der Waals surface area contributed by atoms with E-state index in [1.54, 1.807) is 0 Å². The number of nitrogens with one attached hydrogen (secondary N) is 1. The van der Waals surface area contributed by atoms with Crippen molar-refractivity contribution in [3.8, 4) is 5.75 Å². The van der Waals surface area contributed by atoms with Crippen LogP contribution in [0, 0.1) is 6.92 Å². The van der Waals surface area contributed by atoms with Gasteiger partial charge in [-0.25, -0.2) is 0 Å². The molecule has 0 saturated heterocycles. The van der Waals surface area contributed by atoms with Gasteiger partial charge in [0.05, 0.1) is 5.75 Å². The molecule has 0 fully saturated rings. The first-order valence-electron chi connectivity index (χ1n) is 9.58. The van der Waals surface area contributed by atoms with Gasteiger partial charge in [-0.05, 0) is 42.0 Å². The molecule has 7 heteroatoms. The van der Waals surface area contributed by atoms with Crippen LogP contribution in [0.4, 0.5) is 5.69 Å². The van der Waals surface area contributed by atoms with Gasteiger partial charge >= 0.3 is 0 Å². The normalized spacial score (nSPS) is 10.9. The molecule has 1 heterocycles. The first-order chi connectivity index (χ1) is 14.6. The van der Waals surface area contributed by atoms with Crippen molar-refractivity contribution < 1.29 is 9.53 Å². The number of amides is 1. The number of carbonyl (C=O) groups excluding carboxylic acids is 1. The van der Waals surface area contributed by atoms with E-state index >= 15 is 0 Å². The van der Waals surface area contributed by atoms with Crippen LogP contribution in [0.5, 0.6) is 5.75 Å². The van der Waals surface area contributed by atoms with Crippen LogP contribution in [0.1, 0.15) is 11.4 Å². The molecule has 4 aromatic rings. The lowest BCUT2D eigenvalue weighted by molar-refractivity contribution is -0.113. The van der Waals surface area contributed by atoms with Crippen molar-refractivity contribution >= 4 is 34.1 Å². The van der Waals surface area contributed by atoms with E-state index in [4.69, 9.17) is 4.74 Å². The molecule has 0 unspecified atom stereocenters. The minimum atomic E-state index is -0.0826. The predicted molar refractivity (Wildman–Crippen MR) is 120 cm³/mol. The van der Waals surface area contributed by atoms with E-state index in [2.05, 4.69) is 27.6 Å². The molecule has 0 bridgehead atoms. The average molecular weight is 419 g/mol. The number of hydrogen-bond donors (Lipinski definition) is 1. The van der Waals surface area contributed by atoms with Crippen LogP contribution in [0.3, 0.4) is 0 Å². The minimum absolute atomic E-state index is 0.0826. The van der Waals surface area contributed by atoms with Crippen molar-refractivity contribution in [1.82, 2.24) is 14.8 Å². The third-order valence-electron chi connectivity index (χ3n) is 4.68. The largest absolute Gasteiger partial charge is 0.486 e. The van der Waals surface area contributed by atoms with E-state index in [9.17, 15) is 4.79 Å². The Morgan fingerprint density at radius 1 is 1.03 bits per heavy atom. The van der Waals surface area contributed by atoms with Gasteiger partial charge in [0.1, 0.15) is 12.4 Å². The zero-order valence-corrected chi connectivity index (χ0v) is 17.6. The van der Waals surface area contributed by atoms with Crippen LogP contribution in [0.25, 0.3) is 10.8 Å². The Hall–Kier alpha value is -3.32. The highest BCUT2D eigenvalue weighted by Crippen LogP contribution is 2.22. The Balaban J connectivity index is 1.32. The molecule has 1 N–H and O–H groups in total. The predicted octanol–water partition coefficient (Wildman–Crippen LogP) is 4.59. The number of carbonyl (C=O) groups is 1. The van der Waals surface area contributed by atoms with Crippen molar-refractivity contribution in [2.24, 2.45) is 7.05 Å². The van der Waals surface area contributed by atoms with Gasteiger partial charge < -0.3 is 14.6 Å². The van der Waals surface area contributed by atoms with Crippen LogP contribution < -0.4 is 10.1 Å². The Bertz CT molecular complexity index is 1170. The number of ether oxygens (including phenoxy) is 1. The second-order valence-corrected chi connectivity index (χ2v) is 7.90. The summed E-state index contributed by atoms with van der Waals surface area (Å²) in [6, 6.07) is 21.9. The molecule has 0 aliphatic heterocycles.